The Hall–Kier alpha value is -1.17. The highest BCUT2D eigenvalue weighted by Crippen LogP contribution is 2.37. The third-order valence-corrected chi connectivity index (χ3v) is 4.27. The Labute approximate surface area is 161 Å². The first kappa shape index (κ1) is 21.9. The summed E-state index contributed by atoms with van der Waals surface area (Å²) in [6.07, 6.45) is 3.87. The van der Waals surface area contributed by atoms with Gasteiger partial charge in [0.05, 0.1) is 18.2 Å². The molecule has 142 valence electrons. The lowest BCUT2D eigenvalue weighted by molar-refractivity contribution is 0.0929. The van der Waals surface area contributed by atoms with Crippen LogP contribution in [0.15, 0.2) is 12.1 Å². The van der Waals surface area contributed by atoms with E-state index >= 15 is 0 Å². The molecule has 7 heteroatoms. The van der Waals surface area contributed by atoms with Crippen molar-refractivity contribution in [2.45, 2.75) is 45.6 Å². The lowest BCUT2D eigenvalue weighted by atomic mass is 10.1. The van der Waals surface area contributed by atoms with E-state index < -0.39 is 0 Å². The number of amides is 1. The zero-order chi connectivity index (χ0) is 17.4. The molecule has 0 aromatic heterocycles. The highest BCUT2D eigenvalue weighted by atomic mass is 35.5. The summed E-state index contributed by atoms with van der Waals surface area (Å²) in [7, 11) is 0. The maximum absolute atomic E-state index is 12.5. The van der Waals surface area contributed by atoms with E-state index in [4.69, 9.17) is 21.1 Å². The second-order valence-electron chi connectivity index (χ2n) is 5.92. The summed E-state index contributed by atoms with van der Waals surface area (Å²) in [5, 5.41) is 6.76. The number of hydrogen-bond donors (Lipinski definition) is 2. The van der Waals surface area contributed by atoms with Crippen LogP contribution in [-0.4, -0.2) is 38.3 Å². The van der Waals surface area contributed by atoms with Gasteiger partial charge in [-0.1, -0.05) is 24.9 Å². The monoisotopic (exact) mass is 390 g/mol. The van der Waals surface area contributed by atoms with Crippen molar-refractivity contribution in [1.29, 1.82) is 0 Å². The first-order chi connectivity index (χ1) is 11.7. The minimum atomic E-state index is -0.120. The van der Waals surface area contributed by atoms with Crippen LogP contribution >= 0.6 is 24.0 Å². The van der Waals surface area contributed by atoms with Crippen molar-refractivity contribution in [3.05, 3.63) is 22.7 Å². The molecule has 0 unspecified atom stereocenters. The maximum Gasteiger partial charge on any atom is 0.251 e. The molecule has 5 nitrogen and oxygen atoms in total. The molecule has 0 radical (unpaired) electrons. The summed E-state index contributed by atoms with van der Waals surface area (Å²) < 4.78 is 11.4. The first-order valence-corrected chi connectivity index (χ1v) is 9.14. The average Bonchev–Trinajstić information content (AvgIpc) is 2.58. The summed E-state index contributed by atoms with van der Waals surface area (Å²) in [5.74, 6) is 0.923. The summed E-state index contributed by atoms with van der Waals surface area (Å²) in [6, 6.07) is 3.57. The number of halogens is 2. The van der Waals surface area contributed by atoms with Gasteiger partial charge in [0.15, 0.2) is 11.5 Å². The van der Waals surface area contributed by atoms with Crippen LogP contribution in [0.5, 0.6) is 11.5 Å². The van der Waals surface area contributed by atoms with E-state index in [-0.39, 0.29) is 24.4 Å². The van der Waals surface area contributed by atoms with Gasteiger partial charge in [-0.3, -0.25) is 4.79 Å². The molecule has 0 atom stereocenters. The molecule has 25 heavy (non-hydrogen) atoms. The predicted molar refractivity (Wildman–Crippen MR) is 104 cm³/mol. The lowest BCUT2D eigenvalue weighted by Crippen LogP contribution is -2.42. The summed E-state index contributed by atoms with van der Waals surface area (Å²) in [4.78, 5) is 12.5. The van der Waals surface area contributed by atoms with Crippen LogP contribution in [-0.2, 0) is 0 Å². The third kappa shape index (κ3) is 6.57. The molecule has 1 aliphatic heterocycles. The van der Waals surface area contributed by atoms with Gasteiger partial charge in [-0.2, -0.15) is 0 Å². The molecule has 1 aromatic rings. The van der Waals surface area contributed by atoms with Gasteiger partial charge in [0.25, 0.3) is 5.91 Å². The van der Waals surface area contributed by atoms with Crippen molar-refractivity contribution in [3.63, 3.8) is 0 Å². The van der Waals surface area contributed by atoms with Crippen LogP contribution in [0.3, 0.4) is 0 Å². The molecule has 1 amide bonds. The van der Waals surface area contributed by atoms with Crippen molar-refractivity contribution in [3.8, 4) is 11.5 Å². The van der Waals surface area contributed by atoms with Gasteiger partial charge in [-0.05, 0) is 51.4 Å². The van der Waals surface area contributed by atoms with Gasteiger partial charge in [-0.25, -0.2) is 0 Å². The molecule has 1 aromatic carbocycles. The number of hydrogen-bond acceptors (Lipinski definition) is 4. The summed E-state index contributed by atoms with van der Waals surface area (Å²) >= 11 is 6.34. The van der Waals surface area contributed by atoms with Gasteiger partial charge < -0.3 is 20.1 Å². The molecule has 0 aliphatic carbocycles. The Morgan fingerprint density at radius 2 is 2.00 bits per heavy atom. The molecule has 1 fully saturated rings. The van der Waals surface area contributed by atoms with Crippen LogP contribution in [0.4, 0.5) is 0 Å². The lowest BCUT2D eigenvalue weighted by Gasteiger charge is -2.24. The van der Waals surface area contributed by atoms with Crippen LogP contribution in [0.25, 0.3) is 0 Å². The van der Waals surface area contributed by atoms with E-state index in [0.29, 0.717) is 35.3 Å². The second kappa shape index (κ2) is 11.4. The Bertz CT molecular complexity index is 549. The zero-order valence-corrected chi connectivity index (χ0v) is 16.5. The van der Waals surface area contributed by atoms with Crippen molar-refractivity contribution in [1.82, 2.24) is 10.6 Å². The first-order valence-electron chi connectivity index (χ1n) is 8.76. The second-order valence-corrected chi connectivity index (χ2v) is 6.33. The predicted octanol–water partition coefficient (Wildman–Crippen LogP) is 3.82. The van der Waals surface area contributed by atoms with E-state index in [1.807, 2.05) is 6.92 Å². The number of unbranched alkanes of at least 4 members (excludes halogenated alkanes) is 1. The fourth-order valence-electron chi connectivity index (χ4n) is 2.66. The topological polar surface area (TPSA) is 59.6 Å². The van der Waals surface area contributed by atoms with E-state index in [0.717, 1.165) is 38.8 Å². The van der Waals surface area contributed by atoms with Crippen LogP contribution < -0.4 is 20.1 Å². The van der Waals surface area contributed by atoms with Gasteiger partial charge in [0.1, 0.15) is 0 Å². The smallest absolute Gasteiger partial charge is 0.251 e. The Kier molecular flexibility index (Phi) is 10.0. The van der Waals surface area contributed by atoms with Gasteiger partial charge in [0.2, 0.25) is 0 Å². The van der Waals surface area contributed by atoms with Crippen molar-refractivity contribution >= 4 is 29.9 Å². The van der Waals surface area contributed by atoms with Crippen molar-refractivity contribution < 1.29 is 14.3 Å². The molecule has 0 bridgehead atoms. The van der Waals surface area contributed by atoms with E-state index in [1.54, 1.807) is 12.1 Å². The highest BCUT2D eigenvalue weighted by molar-refractivity contribution is 6.32. The van der Waals surface area contributed by atoms with E-state index in [2.05, 4.69) is 17.6 Å². The molecule has 2 N–H and O–H groups in total. The molecule has 1 aliphatic rings. The van der Waals surface area contributed by atoms with Crippen LogP contribution in [0.2, 0.25) is 5.02 Å². The highest BCUT2D eigenvalue weighted by Gasteiger charge is 2.20. The number of nitrogens with one attached hydrogen (secondary N) is 2. The third-order valence-electron chi connectivity index (χ3n) is 3.99. The Balaban J connectivity index is 0.00000312. The summed E-state index contributed by atoms with van der Waals surface area (Å²) in [5.41, 5.74) is 0.504. The molecule has 2 rings (SSSR count). The Morgan fingerprint density at radius 1 is 1.28 bits per heavy atom. The normalized spacial score (nSPS) is 14.5. The maximum atomic E-state index is 12.5. The fraction of sp³-hybridized carbons (Fsp3) is 0.611. The quantitative estimate of drug-likeness (QED) is 0.662. The average molecular weight is 391 g/mol. The van der Waals surface area contributed by atoms with Crippen molar-refractivity contribution in [2.75, 3.05) is 26.3 Å². The molecule has 0 spiro atoms. The molecular weight excluding hydrogens is 363 g/mol. The van der Waals surface area contributed by atoms with E-state index in [1.165, 1.54) is 0 Å². The van der Waals surface area contributed by atoms with Crippen LogP contribution in [0.1, 0.15) is 49.9 Å². The zero-order valence-electron chi connectivity index (χ0n) is 14.9. The van der Waals surface area contributed by atoms with E-state index in [9.17, 15) is 4.79 Å². The standard InChI is InChI=1S/C18H27ClN2O3.ClH/c1-3-5-10-24-17-15(19)11-13(12-16(17)23-4-2)18(22)21-14-6-8-20-9-7-14;/h11-12,14,20H,3-10H2,1-2H3,(H,21,22);1H. The Morgan fingerprint density at radius 3 is 2.64 bits per heavy atom. The largest absolute Gasteiger partial charge is 0.490 e. The van der Waals surface area contributed by atoms with Gasteiger partial charge in [-0.15, -0.1) is 12.4 Å². The summed E-state index contributed by atoms with van der Waals surface area (Å²) in [6.45, 7) is 6.92. The SMILES string of the molecule is CCCCOc1c(Cl)cc(C(=O)NC2CCNCC2)cc1OCC.Cl. The van der Waals surface area contributed by atoms with Gasteiger partial charge in [0, 0.05) is 11.6 Å². The minimum Gasteiger partial charge on any atom is -0.490 e. The number of carbonyl (C=O) groups excluding carboxylic acids is 1. The van der Waals surface area contributed by atoms with Crippen LogP contribution in [0, 0.1) is 0 Å². The number of ether oxygens (including phenoxy) is 2. The van der Waals surface area contributed by atoms with Crippen molar-refractivity contribution in [2.24, 2.45) is 0 Å². The number of piperidine rings is 1. The number of benzene rings is 1. The fourth-order valence-corrected chi connectivity index (χ4v) is 2.92. The van der Waals surface area contributed by atoms with Gasteiger partial charge >= 0.3 is 0 Å². The number of rotatable bonds is 8. The minimum absolute atomic E-state index is 0. The molecule has 1 saturated heterocycles. The molecular formula is C18H28Cl2N2O3. The molecule has 1 heterocycles. The molecule has 0 saturated carbocycles. The number of carbonyl (C=O) groups is 1.